The summed E-state index contributed by atoms with van der Waals surface area (Å²) in [6.07, 6.45) is 5.23. The molecule has 0 radical (unpaired) electrons. The maximum atomic E-state index is 12.9. The van der Waals surface area contributed by atoms with Gasteiger partial charge < -0.3 is 24.5 Å². The molecule has 0 saturated heterocycles. The van der Waals surface area contributed by atoms with Crippen molar-refractivity contribution in [1.82, 2.24) is 10.6 Å². The van der Waals surface area contributed by atoms with Gasteiger partial charge in [-0.3, -0.25) is 9.59 Å². The van der Waals surface area contributed by atoms with E-state index in [4.69, 9.17) is 13.9 Å². The third-order valence-corrected chi connectivity index (χ3v) is 4.94. The van der Waals surface area contributed by atoms with E-state index in [9.17, 15) is 9.59 Å². The highest BCUT2D eigenvalue weighted by molar-refractivity contribution is 6.05. The zero-order chi connectivity index (χ0) is 25.0. The van der Waals surface area contributed by atoms with Crippen LogP contribution >= 0.6 is 0 Å². The van der Waals surface area contributed by atoms with Crippen LogP contribution in [0.4, 0.5) is 0 Å². The van der Waals surface area contributed by atoms with Crippen molar-refractivity contribution in [3.05, 3.63) is 89.5 Å². The van der Waals surface area contributed by atoms with Gasteiger partial charge in [0, 0.05) is 5.56 Å². The summed E-state index contributed by atoms with van der Waals surface area (Å²) in [6, 6.07) is 17.7. The second-order valence-electron chi connectivity index (χ2n) is 8.24. The highest BCUT2D eigenvalue weighted by Gasteiger charge is 2.15. The average molecular weight is 477 g/mol. The third kappa shape index (κ3) is 8.37. The summed E-state index contributed by atoms with van der Waals surface area (Å²) in [4.78, 5) is 25.9. The quantitative estimate of drug-likeness (QED) is 0.272. The van der Waals surface area contributed by atoms with E-state index >= 15 is 0 Å². The Morgan fingerprint density at radius 3 is 2.34 bits per heavy atom. The predicted octanol–water partition coefficient (Wildman–Crippen LogP) is 5.33. The molecule has 1 aromatic heterocycles. The van der Waals surface area contributed by atoms with Gasteiger partial charge in [-0.1, -0.05) is 25.5 Å². The number of unbranched alkanes of at least 4 members (excludes halogenated alkanes) is 1. The van der Waals surface area contributed by atoms with E-state index in [1.165, 1.54) is 6.26 Å². The first kappa shape index (κ1) is 25.6. The van der Waals surface area contributed by atoms with Gasteiger partial charge in [0.1, 0.15) is 23.0 Å². The number of rotatable bonds is 12. The van der Waals surface area contributed by atoms with Gasteiger partial charge in [0.25, 0.3) is 11.8 Å². The molecular weight excluding hydrogens is 444 g/mol. The topological polar surface area (TPSA) is 89.8 Å². The Morgan fingerprint density at radius 2 is 1.71 bits per heavy atom. The highest BCUT2D eigenvalue weighted by atomic mass is 16.5. The van der Waals surface area contributed by atoms with Crippen molar-refractivity contribution < 1.29 is 23.5 Å². The van der Waals surface area contributed by atoms with Crippen LogP contribution in [0.5, 0.6) is 11.5 Å². The lowest BCUT2D eigenvalue weighted by molar-refractivity contribution is -0.118. The Bertz CT molecular complexity index is 1100. The minimum absolute atomic E-state index is 0.0575. The van der Waals surface area contributed by atoms with Gasteiger partial charge in [-0.2, -0.15) is 0 Å². The van der Waals surface area contributed by atoms with E-state index in [1.54, 1.807) is 42.5 Å². The first-order valence-corrected chi connectivity index (χ1v) is 11.8. The molecule has 35 heavy (non-hydrogen) atoms. The zero-order valence-electron chi connectivity index (χ0n) is 20.4. The number of ether oxygens (including phenoxy) is 2. The molecule has 184 valence electrons. The Labute approximate surface area is 206 Å². The zero-order valence-corrected chi connectivity index (χ0v) is 20.4. The highest BCUT2D eigenvalue weighted by Crippen LogP contribution is 2.17. The van der Waals surface area contributed by atoms with E-state index in [0.717, 1.165) is 24.2 Å². The Hall–Kier alpha value is -4.00. The molecule has 0 bridgehead atoms. The predicted molar refractivity (Wildman–Crippen MR) is 135 cm³/mol. The van der Waals surface area contributed by atoms with Gasteiger partial charge in [-0.15, -0.1) is 0 Å². The van der Waals surface area contributed by atoms with Crippen molar-refractivity contribution in [2.24, 2.45) is 0 Å². The van der Waals surface area contributed by atoms with E-state index in [-0.39, 0.29) is 18.3 Å². The molecule has 0 aliphatic carbocycles. The molecule has 0 aliphatic heterocycles. The fourth-order valence-corrected chi connectivity index (χ4v) is 3.15. The molecule has 0 aliphatic rings. The van der Waals surface area contributed by atoms with Crippen molar-refractivity contribution in [2.75, 3.05) is 6.61 Å². The molecular formula is C28H32N2O5. The molecule has 0 saturated carbocycles. The first-order chi connectivity index (χ1) is 16.9. The molecule has 0 fully saturated rings. The standard InChI is InChI=1S/C28H32N2O5/c1-4-5-16-33-23-14-10-22(11-15-23)27(31)30-26(28(32)29-19-25-7-6-17-34-25)18-21-8-12-24(13-9-21)35-20(2)3/h6-15,17-18,20H,4-5,16,19H2,1-3H3,(H,29,32)(H,30,31). The van der Waals surface area contributed by atoms with Crippen LogP contribution < -0.4 is 20.1 Å². The minimum atomic E-state index is -0.434. The third-order valence-electron chi connectivity index (χ3n) is 4.94. The van der Waals surface area contributed by atoms with Crippen molar-refractivity contribution in [1.29, 1.82) is 0 Å². The molecule has 3 rings (SSSR count). The average Bonchev–Trinajstić information content (AvgIpc) is 3.37. The van der Waals surface area contributed by atoms with Crippen LogP contribution in [0.25, 0.3) is 6.08 Å². The summed E-state index contributed by atoms with van der Waals surface area (Å²) in [6.45, 7) is 6.83. The van der Waals surface area contributed by atoms with Gasteiger partial charge in [-0.05, 0) is 80.4 Å². The summed E-state index contributed by atoms with van der Waals surface area (Å²) >= 11 is 0. The number of benzene rings is 2. The van der Waals surface area contributed by atoms with Crippen LogP contribution in [0.1, 0.15) is 55.3 Å². The monoisotopic (exact) mass is 476 g/mol. The molecule has 7 heteroatoms. The number of furan rings is 1. The van der Waals surface area contributed by atoms with Gasteiger partial charge in [0.15, 0.2) is 0 Å². The number of carbonyl (C=O) groups excluding carboxylic acids is 2. The molecule has 7 nitrogen and oxygen atoms in total. The fraction of sp³-hybridized carbons (Fsp3) is 0.286. The Kier molecular flexibility index (Phi) is 9.54. The van der Waals surface area contributed by atoms with Crippen LogP contribution in [-0.2, 0) is 11.3 Å². The van der Waals surface area contributed by atoms with Crippen LogP contribution in [0.15, 0.2) is 77.0 Å². The lowest BCUT2D eigenvalue weighted by Gasteiger charge is -2.12. The first-order valence-electron chi connectivity index (χ1n) is 11.8. The summed E-state index contributed by atoms with van der Waals surface area (Å²) in [5, 5.41) is 5.51. The Morgan fingerprint density at radius 1 is 1.00 bits per heavy atom. The van der Waals surface area contributed by atoms with E-state index in [1.807, 2.05) is 38.1 Å². The number of carbonyl (C=O) groups is 2. The van der Waals surface area contributed by atoms with E-state index < -0.39 is 11.8 Å². The van der Waals surface area contributed by atoms with Crippen LogP contribution in [-0.4, -0.2) is 24.5 Å². The smallest absolute Gasteiger partial charge is 0.268 e. The van der Waals surface area contributed by atoms with Crippen LogP contribution in [0.3, 0.4) is 0 Å². The van der Waals surface area contributed by atoms with E-state index in [2.05, 4.69) is 17.6 Å². The van der Waals surface area contributed by atoms with Crippen LogP contribution in [0.2, 0.25) is 0 Å². The van der Waals surface area contributed by atoms with Gasteiger partial charge in [0.2, 0.25) is 0 Å². The van der Waals surface area contributed by atoms with Gasteiger partial charge in [0.05, 0.1) is 25.5 Å². The number of nitrogens with one attached hydrogen (secondary N) is 2. The molecule has 2 amide bonds. The molecule has 0 atom stereocenters. The normalized spacial score (nSPS) is 11.3. The van der Waals surface area contributed by atoms with Crippen molar-refractivity contribution in [2.45, 2.75) is 46.3 Å². The van der Waals surface area contributed by atoms with Gasteiger partial charge in [-0.25, -0.2) is 0 Å². The lowest BCUT2D eigenvalue weighted by Crippen LogP contribution is -2.34. The lowest BCUT2D eigenvalue weighted by atomic mass is 10.1. The summed E-state index contributed by atoms with van der Waals surface area (Å²) in [7, 11) is 0. The second kappa shape index (κ2) is 13.0. The van der Waals surface area contributed by atoms with Crippen molar-refractivity contribution >= 4 is 17.9 Å². The number of hydrogen-bond donors (Lipinski definition) is 2. The SMILES string of the molecule is CCCCOc1ccc(C(=O)NC(=Cc2ccc(OC(C)C)cc2)C(=O)NCc2ccco2)cc1. The molecule has 2 aromatic carbocycles. The largest absolute Gasteiger partial charge is 0.494 e. The molecule has 3 aromatic rings. The maximum Gasteiger partial charge on any atom is 0.268 e. The number of amides is 2. The molecule has 2 N–H and O–H groups in total. The molecule has 0 spiro atoms. The second-order valence-corrected chi connectivity index (χ2v) is 8.24. The van der Waals surface area contributed by atoms with Crippen molar-refractivity contribution in [3.63, 3.8) is 0 Å². The minimum Gasteiger partial charge on any atom is -0.494 e. The molecule has 1 heterocycles. The fourth-order valence-electron chi connectivity index (χ4n) is 3.15. The summed E-state index contributed by atoms with van der Waals surface area (Å²) in [5.74, 6) is 1.20. The van der Waals surface area contributed by atoms with Crippen molar-refractivity contribution in [3.8, 4) is 11.5 Å². The number of hydrogen-bond acceptors (Lipinski definition) is 5. The summed E-state index contributed by atoms with van der Waals surface area (Å²) in [5.41, 5.74) is 1.27. The Balaban J connectivity index is 1.74. The summed E-state index contributed by atoms with van der Waals surface area (Å²) < 4.78 is 16.6. The van der Waals surface area contributed by atoms with Gasteiger partial charge >= 0.3 is 0 Å². The molecule has 0 unspecified atom stereocenters. The maximum absolute atomic E-state index is 12.9. The van der Waals surface area contributed by atoms with E-state index in [0.29, 0.717) is 23.7 Å². The van der Waals surface area contributed by atoms with Crippen LogP contribution in [0, 0.1) is 0 Å².